The fraction of sp³-hybridized carbons (Fsp3) is 0.850. The first-order valence-corrected chi connectivity index (χ1v) is 9.69. The van der Waals surface area contributed by atoms with Crippen LogP contribution in [0.5, 0.6) is 0 Å². The number of carbonyl (C=O) groups excluding carboxylic acids is 2. The molecule has 0 radical (unpaired) electrons. The summed E-state index contributed by atoms with van der Waals surface area (Å²) in [4.78, 5) is 35.4. The summed E-state index contributed by atoms with van der Waals surface area (Å²) in [5, 5.41) is 12.0. The number of aliphatic carboxylic acids is 1. The summed E-state index contributed by atoms with van der Waals surface area (Å²) in [6, 6.07) is 0.0514. The van der Waals surface area contributed by atoms with Gasteiger partial charge in [-0.15, -0.1) is 0 Å². The number of carboxylic acid groups (broad SMARTS) is 1. The first-order chi connectivity index (χ1) is 12.2. The first kappa shape index (κ1) is 23.2. The topological polar surface area (TPSA) is 102 Å². The van der Waals surface area contributed by atoms with Crippen LogP contribution in [0.25, 0.3) is 0 Å². The Balaban J connectivity index is 2.52. The molecule has 1 fully saturated rings. The maximum Gasteiger partial charge on any atom is 0.407 e. The summed E-state index contributed by atoms with van der Waals surface area (Å²) < 4.78 is 10.7. The maximum absolute atomic E-state index is 12.4. The molecule has 1 amide bonds. The van der Waals surface area contributed by atoms with Crippen molar-refractivity contribution in [2.45, 2.75) is 97.3 Å². The van der Waals surface area contributed by atoms with E-state index in [1.165, 1.54) is 0 Å². The summed E-state index contributed by atoms with van der Waals surface area (Å²) in [6.07, 6.45) is 3.11. The fourth-order valence-electron chi connectivity index (χ4n) is 3.28. The molecule has 27 heavy (non-hydrogen) atoms. The zero-order valence-electron chi connectivity index (χ0n) is 17.5. The number of hydrogen-bond acceptors (Lipinski definition) is 5. The highest BCUT2D eigenvalue weighted by atomic mass is 16.6. The molecule has 1 unspecified atom stereocenters. The van der Waals surface area contributed by atoms with E-state index in [4.69, 9.17) is 14.6 Å². The standard InChI is InChI=1S/C20H35NO6/c1-19(2,3)26-17(24)14(12-16(22)23)11-13-7-9-15(10-8-13)21-18(25)27-20(4,5)6/h13-15H,7-12H2,1-6H3,(H,21,25)(H,22,23)/t13-,14?,15-. The van der Waals surface area contributed by atoms with E-state index >= 15 is 0 Å². The molecule has 0 aromatic carbocycles. The van der Waals surface area contributed by atoms with Crippen molar-refractivity contribution in [3.05, 3.63) is 0 Å². The molecule has 0 spiro atoms. The second kappa shape index (κ2) is 9.42. The molecular weight excluding hydrogens is 350 g/mol. The number of esters is 1. The van der Waals surface area contributed by atoms with Crippen LogP contribution >= 0.6 is 0 Å². The van der Waals surface area contributed by atoms with Gasteiger partial charge in [-0.25, -0.2) is 4.79 Å². The number of carbonyl (C=O) groups is 3. The van der Waals surface area contributed by atoms with E-state index in [1.54, 1.807) is 20.8 Å². The van der Waals surface area contributed by atoms with Gasteiger partial charge in [0.25, 0.3) is 0 Å². The van der Waals surface area contributed by atoms with Crippen molar-refractivity contribution in [1.29, 1.82) is 0 Å². The van der Waals surface area contributed by atoms with Gasteiger partial charge in [0.2, 0.25) is 0 Å². The Morgan fingerprint density at radius 1 is 0.963 bits per heavy atom. The summed E-state index contributed by atoms with van der Waals surface area (Å²) in [5.74, 6) is -1.83. The fourth-order valence-corrected chi connectivity index (χ4v) is 3.28. The number of rotatable bonds is 6. The van der Waals surface area contributed by atoms with E-state index in [1.807, 2.05) is 20.8 Å². The third-order valence-corrected chi connectivity index (χ3v) is 4.35. The molecule has 0 bridgehead atoms. The molecule has 1 aliphatic carbocycles. The lowest BCUT2D eigenvalue weighted by molar-refractivity contribution is -0.163. The Kier molecular flexibility index (Phi) is 8.11. The maximum atomic E-state index is 12.4. The number of carboxylic acids is 1. The lowest BCUT2D eigenvalue weighted by Crippen LogP contribution is -2.41. The number of alkyl carbamates (subject to hydrolysis) is 1. The van der Waals surface area contributed by atoms with Gasteiger partial charge in [0, 0.05) is 6.04 Å². The van der Waals surface area contributed by atoms with Crippen LogP contribution in [0, 0.1) is 11.8 Å². The van der Waals surface area contributed by atoms with Gasteiger partial charge in [0.05, 0.1) is 12.3 Å². The highest BCUT2D eigenvalue weighted by Crippen LogP contribution is 2.32. The highest BCUT2D eigenvalue weighted by molar-refractivity contribution is 5.79. The summed E-state index contributed by atoms with van der Waals surface area (Å²) in [6.45, 7) is 10.8. The average Bonchev–Trinajstić information content (AvgIpc) is 2.44. The monoisotopic (exact) mass is 385 g/mol. The molecule has 1 aliphatic rings. The van der Waals surface area contributed by atoms with Crippen molar-refractivity contribution < 1.29 is 29.0 Å². The van der Waals surface area contributed by atoms with E-state index in [9.17, 15) is 14.4 Å². The first-order valence-electron chi connectivity index (χ1n) is 9.69. The molecule has 156 valence electrons. The highest BCUT2D eigenvalue weighted by Gasteiger charge is 2.32. The molecule has 0 aliphatic heterocycles. The molecule has 1 rings (SSSR count). The number of ether oxygens (including phenoxy) is 2. The van der Waals surface area contributed by atoms with E-state index in [0.29, 0.717) is 6.42 Å². The van der Waals surface area contributed by atoms with E-state index in [0.717, 1.165) is 25.7 Å². The number of hydrogen-bond donors (Lipinski definition) is 2. The smallest absolute Gasteiger partial charge is 0.407 e. The second-order valence-electron chi connectivity index (χ2n) is 9.43. The van der Waals surface area contributed by atoms with Crippen LogP contribution in [0.15, 0.2) is 0 Å². The minimum atomic E-state index is -0.994. The van der Waals surface area contributed by atoms with Gasteiger partial charge in [0.15, 0.2) is 0 Å². The van der Waals surface area contributed by atoms with Crippen LogP contribution in [0.2, 0.25) is 0 Å². The summed E-state index contributed by atoms with van der Waals surface area (Å²) >= 11 is 0. The quantitative estimate of drug-likeness (QED) is 0.673. The predicted molar refractivity (Wildman–Crippen MR) is 101 cm³/mol. The minimum absolute atomic E-state index is 0.0514. The molecular formula is C20H35NO6. The van der Waals surface area contributed by atoms with Crippen LogP contribution in [0.4, 0.5) is 4.79 Å². The van der Waals surface area contributed by atoms with Crippen molar-refractivity contribution in [3.63, 3.8) is 0 Å². The molecule has 1 saturated carbocycles. The SMILES string of the molecule is CC(C)(C)OC(=O)N[C@H]1CC[C@H](CC(CC(=O)O)C(=O)OC(C)(C)C)CC1. The minimum Gasteiger partial charge on any atom is -0.481 e. The second-order valence-corrected chi connectivity index (χ2v) is 9.43. The lowest BCUT2D eigenvalue weighted by Gasteiger charge is -2.32. The summed E-state index contributed by atoms with van der Waals surface area (Å²) in [7, 11) is 0. The third kappa shape index (κ3) is 10.2. The van der Waals surface area contributed by atoms with Gasteiger partial charge in [0.1, 0.15) is 11.2 Å². The van der Waals surface area contributed by atoms with E-state index in [-0.39, 0.29) is 18.4 Å². The number of nitrogens with one attached hydrogen (secondary N) is 1. The normalized spacial score (nSPS) is 21.9. The van der Waals surface area contributed by atoms with Gasteiger partial charge in [-0.2, -0.15) is 0 Å². The largest absolute Gasteiger partial charge is 0.481 e. The lowest BCUT2D eigenvalue weighted by atomic mass is 9.80. The molecule has 1 atom stereocenters. The van der Waals surface area contributed by atoms with Crippen LogP contribution < -0.4 is 5.32 Å². The van der Waals surface area contributed by atoms with Crippen molar-refractivity contribution >= 4 is 18.0 Å². The molecule has 7 nitrogen and oxygen atoms in total. The number of amides is 1. The zero-order valence-corrected chi connectivity index (χ0v) is 17.5. The van der Waals surface area contributed by atoms with Gasteiger partial charge in [-0.3, -0.25) is 9.59 Å². The van der Waals surface area contributed by atoms with Gasteiger partial charge >= 0.3 is 18.0 Å². The van der Waals surface area contributed by atoms with E-state index in [2.05, 4.69) is 5.32 Å². The van der Waals surface area contributed by atoms with Crippen molar-refractivity contribution in [2.75, 3.05) is 0 Å². The van der Waals surface area contributed by atoms with Crippen molar-refractivity contribution in [3.8, 4) is 0 Å². The average molecular weight is 386 g/mol. The Morgan fingerprint density at radius 2 is 1.48 bits per heavy atom. The van der Waals surface area contributed by atoms with Gasteiger partial charge < -0.3 is 19.9 Å². The summed E-state index contributed by atoms with van der Waals surface area (Å²) in [5.41, 5.74) is -1.17. The zero-order chi connectivity index (χ0) is 20.8. The van der Waals surface area contributed by atoms with Gasteiger partial charge in [-0.05, 0) is 79.6 Å². The molecule has 0 aromatic heterocycles. The third-order valence-electron chi connectivity index (χ3n) is 4.35. The van der Waals surface area contributed by atoms with Crippen molar-refractivity contribution in [2.24, 2.45) is 11.8 Å². The molecule has 2 N–H and O–H groups in total. The predicted octanol–water partition coefficient (Wildman–Crippen LogP) is 3.89. The molecule has 0 aromatic rings. The Hall–Kier alpha value is -1.79. The Labute approximate surface area is 162 Å². The van der Waals surface area contributed by atoms with Crippen molar-refractivity contribution in [1.82, 2.24) is 5.32 Å². The van der Waals surface area contributed by atoms with Crippen LogP contribution in [-0.2, 0) is 19.1 Å². The molecule has 7 heteroatoms. The van der Waals surface area contributed by atoms with Gasteiger partial charge in [-0.1, -0.05) is 0 Å². The van der Waals surface area contributed by atoms with E-state index < -0.39 is 35.2 Å². The Morgan fingerprint density at radius 3 is 1.93 bits per heavy atom. The molecule has 0 saturated heterocycles. The van der Waals surface area contributed by atoms with Crippen LogP contribution in [0.1, 0.15) is 80.1 Å². The van der Waals surface area contributed by atoms with Crippen LogP contribution in [-0.4, -0.2) is 40.4 Å². The van der Waals surface area contributed by atoms with Crippen LogP contribution in [0.3, 0.4) is 0 Å². The molecule has 0 heterocycles. The Bertz CT molecular complexity index is 524.